The Morgan fingerprint density at radius 1 is 1.12 bits per heavy atom. The second kappa shape index (κ2) is 7.58. The maximum Gasteiger partial charge on any atom is 0.338 e. The van der Waals surface area contributed by atoms with E-state index in [1.807, 2.05) is 54.6 Å². The first-order valence-corrected chi connectivity index (χ1v) is 8.81. The van der Waals surface area contributed by atoms with Gasteiger partial charge in [-0.3, -0.25) is 0 Å². The van der Waals surface area contributed by atoms with Crippen LogP contribution in [0.15, 0.2) is 59.1 Å². The lowest BCUT2D eigenvalue weighted by molar-refractivity contribution is 0.0502. The Morgan fingerprint density at radius 2 is 1.92 bits per heavy atom. The molecule has 2 aromatic carbocycles. The van der Waals surface area contributed by atoms with Gasteiger partial charge in [0.05, 0.1) is 23.4 Å². The van der Waals surface area contributed by atoms with Crippen LogP contribution in [-0.2, 0) is 4.74 Å². The van der Waals surface area contributed by atoms with Crippen molar-refractivity contribution < 1.29 is 9.53 Å². The van der Waals surface area contributed by atoms with E-state index in [4.69, 9.17) is 9.72 Å². The summed E-state index contributed by atoms with van der Waals surface area (Å²) >= 11 is 3.46. The number of carbonyl (C=O) groups is 1. The number of fused-ring (bicyclic) bond motifs is 1. The maximum atomic E-state index is 12.6. The third kappa shape index (κ3) is 3.65. The molecule has 0 aliphatic carbocycles. The number of hydrogen-bond acceptors (Lipinski definition) is 3. The number of hydrogen-bond donors (Lipinski definition) is 0. The van der Waals surface area contributed by atoms with Crippen LogP contribution in [0.3, 0.4) is 0 Å². The smallest absolute Gasteiger partial charge is 0.338 e. The number of carbonyl (C=O) groups excluding carboxylic acids is 1. The van der Waals surface area contributed by atoms with E-state index in [0.29, 0.717) is 12.2 Å². The number of esters is 1. The second-order valence-electron chi connectivity index (χ2n) is 5.57. The zero-order valence-corrected chi connectivity index (χ0v) is 15.0. The predicted octanol–water partition coefficient (Wildman–Crippen LogP) is 5.62. The molecule has 0 aliphatic rings. The fourth-order valence-corrected chi connectivity index (χ4v) is 2.87. The number of ether oxygens (including phenoxy) is 1. The zero-order chi connectivity index (χ0) is 16.9. The standard InChI is InChI=1S/C20H18BrNO2/c1-2-3-11-24-20(23)17-13-19(14-7-5-4-6-8-14)22-18-10-9-15(21)12-16(17)18/h4-10,12-13H,2-3,11H2,1H3. The van der Waals surface area contributed by atoms with Crippen LogP contribution in [0.4, 0.5) is 0 Å². The summed E-state index contributed by atoms with van der Waals surface area (Å²) in [5, 5.41) is 0.797. The molecule has 0 unspecified atom stereocenters. The van der Waals surface area contributed by atoms with E-state index in [9.17, 15) is 4.79 Å². The highest BCUT2D eigenvalue weighted by atomic mass is 79.9. The zero-order valence-electron chi connectivity index (χ0n) is 13.5. The molecular formula is C20H18BrNO2. The number of rotatable bonds is 5. The van der Waals surface area contributed by atoms with Gasteiger partial charge in [0.2, 0.25) is 0 Å². The number of halogens is 1. The van der Waals surface area contributed by atoms with E-state index in [-0.39, 0.29) is 5.97 Å². The van der Waals surface area contributed by atoms with E-state index in [2.05, 4.69) is 22.9 Å². The van der Waals surface area contributed by atoms with E-state index in [0.717, 1.165) is 39.5 Å². The van der Waals surface area contributed by atoms with Gasteiger partial charge in [0.25, 0.3) is 0 Å². The first-order chi connectivity index (χ1) is 11.7. The Morgan fingerprint density at radius 3 is 2.67 bits per heavy atom. The highest BCUT2D eigenvalue weighted by Crippen LogP contribution is 2.27. The fourth-order valence-electron chi connectivity index (χ4n) is 2.51. The lowest BCUT2D eigenvalue weighted by Gasteiger charge is -2.10. The Labute approximate surface area is 149 Å². The van der Waals surface area contributed by atoms with E-state index < -0.39 is 0 Å². The van der Waals surface area contributed by atoms with E-state index >= 15 is 0 Å². The van der Waals surface area contributed by atoms with Crippen molar-refractivity contribution in [1.29, 1.82) is 0 Å². The summed E-state index contributed by atoms with van der Waals surface area (Å²) in [6.45, 7) is 2.51. The molecule has 3 aromatic rings. The predicted molar refractivity (Wildman–Crippen MR) is 100 cm³/mol. The average Bonchev–Trinajstić information content (AvgIpc) is 2.61. The topological polar surface area (TPSA) is 39.2 Å². The van der Waals surface area contributed by atoms with Crippen LogP contribution in [0.2, 0.25) is 0 Å². The van der Waals surface area contributed by atoms with Crippen LogP contribution in [0.5, 0.6) is 0 Å². The van der Waals surface area contributed by atoms with Gasteiger partial charge in [0.15, 0.2) is 0 Å². The van der Waals surface area contributed by atoms with Crippen molar-refractivity contribution in [2.24, 2.45) is 0 Å². The molecule has 0 fully saturated rings. The van der Waals surface area contributed by atoms with Gasteiger partial charge < -0.3 is 4.74 Å². The van der Waals surface area contributed by atoms with Crippen LogP contribution in [0.1, 0.15) is 30.1 Å². The molecule has 0 atom stereocenters. The molecule has 1 heterocycles. The van der Waals surface area contributed by atoms with Gasteiger partial charge in [-0.2, -0.15) is 0 Å². The van der Waals surface area contributed by atoms with Gasteiger partial charge in [-0.1, -0.05) is 59.6 Å². The van der Waals surface area contributed by atoms with E-state index in [1.165, 1.54) is 0 Å². The Balaban J connectivity index is 2.10. The number of nitrogens with zero attached hydrogens (tertiary/aromatic N) is 1. The third-order valence-corrected chi connectivity index (χ3v) is 4.28. The van der Waals surface area contributed by atoms with Crippen LogP contribution in [0.25, 0.3) is 22.2 Å². The van der Waals surface area contributed by atoms with Gasteiger partial charge in [-0.25, -0.2) is 9.78 Å². The van der Waals surface area contributed by atoms with Crippen LogP contribution >= 0.6 is 15.9 Å². The molecule has 0 radical (unpaired) electrons. The Hall–Kier alpha value is -2.20. The Kier molecular flexibility index (Phi) is 5.26. The largest absolute Gasteiger partial charge is 0.462 e. The third-order valence-electron chi connectivity index (χ3n) is 3.79. The van der Waals surface area contributed by atoms with Crippen molar-refractivity contribution in [3.05, 3.63) is 64.6 Å². The van der Waals surface area contributed by atoms with Gasteiger partial charge in [-0.15, -0.1) is 0 Å². The van der Waals surface area contributed by atoms with Crippen LogP contribution < -0.4 is 0 Å². The van der Waals surface area contributed by atoms with Crippen LogP contribution in [-0.4, -0.2) is 17.6 Å². The van der Waals surface area contributed by atoms with Crippen molar-refractivity contribution in [2.45, 2.75) is 19.8 Å². The second-order valence-corrected chi connectivity index (χ2v) is 6.49. The monoisotopic (exact) mass is 383 g/mol. The minimum absolute atomic E-state index is 0.300. The summed E-state index contributed by atoms with van der Waals surface area (Å²) in [6.07, 6.45) is 1.86. The Bertz CT molecular complexity index is 862. The molecule has 0 saturated carbocycles. The first-order valence-electron chi connectivity index (χ1n) is 8.02. The van der Waals surface area contributed by atoms with Gasteiger partial charge in [-0.05, 0) is 30.7 Å². The normalized spacial score (nSPS) is 10.8. The molecule has 0 spiro atoms. The summed E-state index contributed by atoms with van der Waals surface area (Å²) in [5.74, 6) is -0.300. The average molecular weight is 384 g/mol. The molecule has 3 rings (SSSR count). The van der Waals surface area contributed by atoms with Gasteiger partial charge >= 0.3 is 5.97 Å². The molecule has 24 heavy (non-hydrogen) atoms. The van der Waals surface area contributed by atoms with Gasteiger partial charge in [0.1, 0.15) is 0 Å². The molecule has 0 saturated heterocycles. The van der Waals surface area contributed by atoms with Crippen molar-refractivity contribution in [3.8, 4) is 11.3 Å². The number of pyridine rings is 1. The molecule has 3 nitrogen and oxygen atoms in total. The first kappa shape index (κ1) is 16.7. The minimum atomic E-state index is -0.300. The SMILES string of the molecule is CCCCOC(=O)c1cc(-c2ccccc2)nc2ccc(Br)cc12. The highest BCUT2D eigenvalue weighted by Gasteiger charge is 2.15. The van der Waals surface area contributed by atoms with E-state index in [1.54, 1.807) is 0 Å². The molecule has 0 N–H and O–H groups in total. The van der Waals surface area contributed by atoms with Crippen molar-refractivity contribution in [3.63, 3.8) is 0 Å². The molecule has 1 aromatic heterocycles. The van der Waals surface area contributed by atoms with Crippen LogP contribution in [0, 0.1) is 0 Å². The summed E-state index contributed by atoms with van der Waals surface area (Å²) < 4.78 is 6.33. The van der Waals surface area contributed by atoms with Crippen molar-refractivity contribution >= 4 is 32.8 Å². The minimum Gasteiger partial charge on any atom is -0.462 e. The quantitative estimate of drug-likeness (QED) is 0.423. The molecule has 0 amide bonds. The summed E-state index contributed by atoms with van der Waals surface area (Å²) in [6, 6.07) is 17.4. The molecule has 0 bridgehead atoms. The number of benzene rings is 2. The maximum absolute atomic E-state index is 12.6. The summed E-state index contributed by atoms with van der Waals surface area (Å²) in [7, 11) is 0. The summed E-state index contributed by atoms with van der Waals surface area (Å²) in [4.78, 5) is 17.3. The highest BCUT2D eigenvalue weighted by molar-refractivity contribution is 9.10. The van der Waals surface area contributed by atoms with Crippen molar-refractivity contribution in [1.82, 2.24) is 4.98 Å². The lowest BCUT2D eigenvalue weighted by atomic mass is 10.0. The molecule has 4 heteroatoms. The molecular weight excluding hydrogens is 366 g/mol. The summed E-state index contributed by atoms with van der Waals surface area (Å²) in [5.41, 5.74) is 3.08. The fraction of sp³-hybridized carbons (Fsp3) is 0.200. The van der Waals surface area contributed by atoms with Gasteiger partial charge in [0, 0.05) is 15.4 Å². The van der Waals surface area contributed by atoms with Crippen molar-refractivity contribution in [2.75, 3.05) is 6.61 Å². The molecule has 122 valence electrons. The number of unbranched alkanes of at least 4 members (excludes halogenated alkanes) is 1. The number of aromatic nitrogens is 1. The lowest BCUT2D eigenvalue weighted by Crippen LogP contribution is -2.08. The molecule has 0 aliphatic heterocycles.